The summed E-state index contributed by atoms with van der Waals surface area (Å²) < 4.78 is 5.24. The van der Waals surface area contributed by atoms with Gasteiger partial charge in [-0.2, -0.15) is 0 Å². The molecule has 0 unspecified atom stereocenters. The van der Waals surface area contributed by atoms with Crippen LogP contribution < -0.4 is 4.74 Å². The van der Waals surface area contributed by atoms with E-state index in [4.69, 9.17) is 9.84 Å². The van der Waals surface area contributed by atoms with E-state index in [-0.39, 0.29) is 24.7 Å². The van der Waals surface area contributed by atoms with Gasteiger partial charge >= 0.3 is 5.69 Å². The van der Waals surface area contributed by atoms with Crippen LogP contribution in [0.25, 0.3) is 0 Å². The SMILES string of the molecule is CCc1ccc(OCCCO)c([N+](=O)[O-])c1. The van der Waals surface area contributed by atoms with Crippen molar-refractivity contribution in [2.45, 2.75) is 19.8 Å². The standard InChI is InChI=1S/C11H15NO4/c1-2-9-4-5-11(16-7-3-6-13)10(8-9)12(14)15/h4-5,8,13H,2-3,6-7H2,1H3. The molecule has 0 bridgehead atoms. The Kier molecular flexibility index (Phi) is 4.72. The van der Waals surface area contributed by atoms with Crippen molar-refractivity contribution in [2.24, 2.45) is 0 Å². The van der Waals surface area contributed by atoms with Crippen molar-refractivity contribution in [3.63, 3.8) is 0 Å². The summed E-state index contributed by atoms with van der Waals surface area (Å²) in [5.41, 5.74) is 0.887. The molecular weight excluding hydrogens is 210 g/mol. The van der Waals surface area contributed by atoms with E-state index < -0.39 is 4.92 Å². The second-order valence-corrected chi connectivity index (χ2v) is 3.34. The van der Waals surface area contributed by atoms with Crippen LogP contribution >= 0.6 is 0 Å². The number of benzene rings is 1. The molecule has 16 heavy (non-hydrogen) atoms. The van der Waals surface area contributed by atoms with E-state index in [0.717, 1.165) is 12.0 Å². The topological polar surface area (TPSA) is 72.6 Å². The minimum absolute atomic E-state index is 0.0147. The molecule has 1 N–H and O–H groups in total. The first kappa shape index (κ1) is 12.4. The number of nitro groups is 1. The number of aliphatic hydroxyl groups is 1. The summed E-state index contributed by atoms with van der Waals surface area (Å²) in [6.07, 6.45) is 1.21. The molecule has 0 spiro atoms. The first-order valence-electron chi connectivity index (χ1n) is 5.20. The van der Waals surface area contributed by atoms with Crippen molar-refractivity contribution >= 4 is 5.69 Å². The van der Waals surface area contributed by atoms with Crippen molar-refractivity contribution in [1.29, 1.82) is 0 Å². The van der Waals surface area contributed by atoms with E-state index >= 15 is 0 Å². The van der Waals surface area contributed by atoms with Crippen molar-refractivity contribution in [2.75, 3.05) is 13.2 Å². The highest BCUT2D eigenvalue weighted by molar-refractivity contribution is 5.48. The van der Waals surface area contributed by atoms with Gasteiger partial charge in [0.15, 0.2) is 5.75 Å². The molecule has 0 fully saturated rings. The molecule has 1 aromatic carbocycles. The average molecular weight is 225 g/mol. The van der Waals surface area contributed by atoms with Gasteiger partial charge in [-0.05, 0) is 18.1 Å². The van der Waals surface area contributed by atoms with Crippen molar-refractivity contribution in [3.05, 3.63) is 33.9 Å². The quantitative estimate of drug-likeness (QED) is 0.456. The Morgan fingerprint density at radius 3 is 2.81 bits per heavy atom. The minimum atomic E-state index is -0.451. The fraction of sp³-hybridized carbons (Fsp3) is 0.455. The summed E-state index contributed by atoms with van der Waals surface area (Å²) in [6.45, 7) is 2.23. The second kappa shape index (κ2) is 6.07. The van der Waals surface area contributed by atoms with Gasteiger partial charge in [0.1, 0.15) is 0 Å². The van der Waals surface area contributed by atoms with Gasteiger partial charge in [-0.1, -0.05) is 13.0 Å². The lowest BCUT2D eigenvalue weighted by atomic mass is 10.1. The monoisotopic (exact) mass is 225 g/mol. The second-order valence-electron chi connectivity index (χ2n) is 3.34. The number of aryl methyl sites for hydroxylation is 1. The van der Waals surface area contributed by atoms with Crippen LogP contribution in [0.15, 0.2) is 18.2 Å². The highest BCUT2D eigenvalue weighted by Crippen LogP contribution is 2.28. The molecule has 1 rings (SSSR count). The van der Waals surface area contributed by atoms with Gasteiger partial charge in [-0.25, -0.2) is 0 Å². The van der Waals surface area contributed by atoms with Crippen molar-refractivity contribution < 1.29 is 14.8 Å². The summed E-state index contributed by atoms with van der Waals surface area (Å²) in [6, 6.07) is 4.93. The molecule has 0 atom stereocenters. The van der Waals surface area contributed by atoms with Crippen LogP contribution in [0.3, 0.4) is 0 Å². The Balaban J connectivity index is 2.85. The number of ether oxygens (including phenoxy) is 1. The third-order valence-electron chi connectivity index (χ3n) is 2.19. The van der Waals surface area contributed by atoms with Crippen LogP contribution in [0.4, 0.5) is 5.69 Å². The molecule has 0 aliphatic carbocycles. The number of rotatable bonds is 6. The summed E-state index contributed by atoms with van der Waals surface area (Å²) in [5.74, 6) is 0.260. The maximum Gasteiger partial charge on any atom is 0.311 e. The summed E-state index contributed by atoms with van der Waals surface area (Å²) in [7, 11) is 0. The predicted octanol–water partition coefficient (Wildman–Crippen LogP) is 1.92. The normalized spacial score (nSPS) is 10.1. The third-order valence-corrected chi connectivity index (χ3v) is 2.19. The van der Waals surface area contributed by atoms with Gasteiger partial charge in [0.25, 0.3) is 0 Å². The molecule has 0 saturated heterocycles. The molecule has 0 aromatic heterocycles. The number of hydrogen-bond donors (Lipinski definition) is 1. The lowest BCUT2D eigenvalue weighted by Gasteiger charge is -2.06. The van der Waals surface area contributed by atoms with Crippen LogP contribution in [-0.2, 0) is 6.42 Å². The maximum absolute atomic E-state index is 10.8. The van der Waals surface area contributed by atoms with Crippen molar-refractivity contribution in [1.82, 2.24) is 0 Å². The average Bonchev–Trinajstić information content (AvgIpc) is 2.29. The smallest absolute Gasteiger partial charge is 0.311 e. The highest BCUT2D eigenvalue weighted by atomic mass is 16.6. The lowest BCUT2D eigenvalue weighted by molar-refractivity contribution is -0.385. The predicted molar refractivity (Wildman–Crippen MR) is 59.7 cm³/mol. The highest BCUT2D eigenvalue weighted by Gasteiger charge is 2.15. The van der Waals surface area contributed by atoms with Gasteiger partial charge in [0.2, 0.25) is 0 Å². The van der Waals surface area contributed by atoms with Crippen LogP contribution in [0.1, 0.15) is 18.9 Å². The Bertz CT molecular complexity index is 365. The van der Waals surface area contributed by atoms with E-state index in [1.165, 1.54) is 6.07 Å². The van der Waals surface area contributed by atoms with Gasteiger partial charge in [0.05, 0.1) is 11.5 Å². The number of hydrogen-bond acceptors (Lipinski definition) is 4. The summed E-state index contributed by atoms with van der Waals surface area (Å²) >= 11 is 0. The molecule has 0 aliphatic heterocycles. The Morgan fingerprint density at radius 2 is 2.25 bits per heavy atom. The van der Waals surface area contributed by atoms with E-state index in [9.17, 15) is 10.1 Å². The minimum Gasteiger partial charge on any atom is -0.487 e. The van der Waals surface area contributed by atoms with E-state index in [1.54, 1.807) is 12.1 Å². The van der Waals surface area contributed by atoms with Crippen LogP contribution in [0.2, 0.25) is 0 Å². The summed E-state index contributed by atoms with van der Waals surface area (Å²) in [4.78, 5) is 10.3. The molecule has 0 amide bonds. The summed E-state index contributed by atoms with van der Waals surface area (Å²) in [5, 5.41) is 19.4. The first-order valence-corrected chi connectivity index (χ1v) is 5.20. The fourth-order valence-electron chi connectivity index (χ4n) is 1.29. The van der Waals surface area contributed by atoms with Crippen molar-refractivity contribution in [3.8, 4) is 5.75 Å². The van der Waals surface area contributed by atoms with E-state index in [1.807, 2.05) is 6.92 Å². The molecule has 0 heterocycles. The lowest BCUT2D eigenvalue weighted by Crippen LogP contribution is -2.02. The van der Waals surface area contributed by atoms with Crippen LogP contribution in [-0.4, -0.2) is 23.2 Å². The third kappa shape index (κ3) is 3.20. The number of aliphatic hydroxyl groups excluding tert-OH is 1. The zero-order chi connectivity index (χ0) is 12.0. The number of nitro benzene ring substituents is 1. The van der Waals surface area contributed by atoms with Crippen LogP contribution in [0, 0.1) is 10.1 Å². The van der Waals surface area contributed by atoms with Gasteiger partial charge in [0, 0.05) is 19.1 Å². The van der Waals surface area contributed by atoms with E-state index in [0.29, 0.717) is 6.42 Å². The van der Waals surface area contributed by atoms with E-state index in [2.05, 4.69) is 0 Å². The molecule has 5 heteroatoms. The molecule has 0 saturated carbocycles. The molecular formula is C11H15NO4. The van der Waals surface area contributed by atoms with Gasteiger partial charge in [-0.3, -0.25) is 10.1 Å². The molecule has 88 valence electrons. The number of nitrogens with zero attached hydrogens (tertiary/aromatic N) is 1. The van der Waals surface area contributed by atoms with Crippen LogP contribution in [0.5, 0.6) is 5.75 Å². The maximum atomic E-state index is 10.8. The Morgan fingerprint density at radius 1 is 1.50 bits per heavy atom. The molecule has 0 radical (unpaired) electrons. The molecule has 1 aromatic rings. The van der Waals surface area contributed by atoms with Gasteiger partial charge in [-0.15, -0.1) is 0 Å². The molecule has 5 nitrogen and oxygen atoms in total. The zero-order valence-corrected chi connectivity index (χ0v) is 9.18. The Hall–Kier alpha value is -1.62. The first-order chi connectivity index (χ1) is 7.69. The van der Waals surface area contributed by atoms with Gasteiger partial charge < -0.3 is 9.84 Å². The largest absolute Gasteiger partial charge is 0.487 e. The Labute approximate surface area is 93.8 Å². The fourth-order valence-corrected chi connectivity index (χ4v) is 1.29. The zero-order valence-electron chi connectivity index (χ0n) is 9.18. The molecule has 0 aliphatic rings.